The summed E-state index contributed by atoms with van der Waals surface area (Å²) >= 11 is 0. The van der Waals surface area contributed by atoms with E-state index in [0.717, 1.165) is 60.5 Å². The molecule has 0 radical (unpaired) electrons. The van der Waals surface area contributed by atoms with Crippen molar-refractivity contribution in [3.8, 4) is 11.5 Å². The Kier molecular flexibility index (Phi) is 8.60. The number of fused-ring (bicyclic) bond motifs is 10. The average molecular weight is 719 g/mol. The molecule has 0 spiro atoms. The fourth-order valence-corrected chi connectivity index (χ4v) is 9.71. The lowest BCUT2D eigenvalue weighted by Crippen LogP contribution is -2.46. The number of aromatic nitrogens is 4. The number of ether oxygens (including phenoxy) is 2. The molecule has 2 aliphatic heterocycles. The SMILES string of the molecule is COc1ccc2c(c1)[nH]c1ccc3cc[n+](CCN4CCC(C5CCN(CC[n+]6ccc7ccc8[nH]c9ccc(OC)cc9c8c7c6)CC5)CC4)cc3c12. The van der Waals surface area contributed by atoms with Crippen LogP contribution in [0.5, 0.6) is 11.5 Å². The number of methoxy groups -OCH3 is 2. The summed E-state index contributed by atoms with van der Waals surface area (Å²) in [7, 11) is 3.46. The third kappa shape index (κ3) is 6.11. The van der Waals surface area contributed by atoms with Crippen molar-refractivity contribution in [2.75, 3.05) is 53.5 Å². The third-order valence-corrected chi connectivity index (χ3v) is 12.9. The molecule has 6 heterocycles. The number of rotatable bonds is 9. The van der Waals surface area contributed by atoms with Gasteiger partial charge in [0.2, 0.25) is 0 Å². The van der Waals surface area contributed by atoms with Gasteiger partial charge in [-0.1, -0.05) is 12.1 Å². The summed E-state index contributed by atoms with van der Waals surface area (Å²) in [6.07, 6.45) is 14.6. The first kappa shape index (κ1) is 33.4. The number of piperidine rings is 2. The summed E-state index contributed by atoms with van der Waals surface area (Å²) in [4.78, 5) is 12.6. The first-order valence-corrected chi connectivity index (χ1v) is 19.9. The number of likely N-dealkylation sites (tertiary alicyclic amines) is 2. The first-order chi connectivity index (χ1) is 26.6. The van der Waals surface area contributed by atoms with Crippen molar-refractivity contribution in [3.05, 3.63) is 97.6 Å². The van der Waals surface area contributed by atoms with Crippen molar-refractivity contribution in [3.63, 3.8) is 0 Å². The Morgan fingerprint density at radius 3 is 1.61 bits per heavy atom. The van der Waals surface area contributed by atoms with Crippen LogP contribution >= 0.6 is 0 Å². The average Bonchev–Trinajstić information content (AvgIpc) is 3.80. The number of pyridine rings is 2. The van der Waals surface area contributed by atoms with Crippen LogP contribution < -0.4 is 18.6 Å². The van der Waals surface area contributed by atoms with Gasteiger partial charge in [0.1, 0.15) is 11.5 Å². The van der Waals surface area contributed by atoms with E-state index in [1.807, 2.05) is 6.07 Å². The second kappa shape index (κ2) is 13.9. The molecule has 2 saturated heterocycles. The molecule has 2 fully saturated rings. The minimum absolute atomic E-state index is 0.872. The highest BCUT2D eigenvalue weighted by atomic mass is 16.5. The van der Waals surface area contributed by atoms with Crippen LogP contribution in [0, 0.1) is 11.8 Å². The molecule has 2 N–H and O–H groups in total. The van der Waals surface area contributed by atoms with Gasteiger partial charge in [-0.3, -0.25) is 9.80 Å². The maximum absolute atomic E-state index is 5.56. The van der Waals surface area contributed by atoms with Crippen molar-refractivity contribution in [1.82, 2.24) is 19.8 Å². The van der Waals surface area contributed by atoms with Gasteiger partial charge in [0.05, 0.1) is 43.6 Å². The summed E-state index contributed by atoms with van der Waals surface area (Å²) < 4.78 is 15.8. The largest absolute Gasteiger partial charge is 0.497 e. The van der Waals surface area contributed by atoms with Gasteiger partial charge in [-0.05, 0) is 117 Å². The predicted octanol–water partition coefficient (Wildman–Crippen LogP) is 7.98. The van der Waals surface area contributed by atoms with Gasteiger partial charge in [0.25, 0.3) is 0 Å². The van der Waals surface area contributed by atoms with Crippen LogP contribution in [0.4, 0.5) is 0 Å². The number of hydrogen-bond donors (Lipinski definition) is 2. The van der Waals surface area contributed by atoms with E-state index in [1.165, 1.54) is 106 Å². The van der Waals surface area contributed by atoms with E-state index in [-0.39, 0.29) is 0 Å². The molecule has 0 amide bonds. The molecule has 8 aromatic rings. The van der Waals surface area contributed by atoms with E-state index >= 15 is 0 Å². The summed E-state index contributed by atoms with van der Waals surface area (Å²) in [6, 6.07) is 26.1. The molecular weight excluding hydrogens is 669 g/mol. The molecule has 0 unspecified atom stereocenters. The summed E-state index contributed by atoms with van der Waals surface area (Å²) in [5.41, 5.74) is 4.62. The van der Waals surface area contributed by atoms with E-state index in [9.17, 15) is 0 Å². The Labute approximate surface area is 315 Å². The third-order valence-electron chi connectivity index (χ3n) is 12.9. The highest BCUT2D eigenvalue weighted by molar-refractivity contribution is 6.21. The normalized spacial score (nSPS) is 16.9. The fourth-order valence-electron chi connectivity index (χ4n) is 9.71. The van der Waals surface area contributed by atoms with Crippen LogP contribution in [0.1, 0.15) is 25.7 Å². The molecular formula is C46H50N6O2+2. The van der Waals surface area contributed by atoms with Gasteiger partial charge in [-0.2, -0.15) is 0 Å². The van der Waals surface area contributed by atoms with Gasteiger partial charge in [-0.15, -0.1) is 0 Å². The minimum Gasteiger partial charge on any atom is -0.497 e. The van der Waals surface area contributed by atoms with Crippen LogP contribution in [0.15, 0.2) is 97.6 Å². The number of aromatic amines is 2. The van der Waals surface area contributed by atoms with Crippen LogP contribution in [-0.4, -0.2) is 73.3 Å². The molecule has 274 valence electrons. The Balaban J connectivity index is 0.729. The molecule has 54 heavy (non-hydrogen) atoms. The molecule has 2 aliphatic rings. The highest BCUT2D eigenvalue weighted by Gasteiger charge is 2.30. The Bertz CT molecular complexity index is 2640. The Morgan fingerprint density at radius 2 is 1.04 bits per heavy atom. The highest BCUT2D eigenvalue weighted by Crippen LogP contribution is 2.36. The smallest absolute Gasteiger partial charge is 0.177 e. The Hall–Kier alpha value is -5.18. The molecule has 4 aromatic carbocycles. The maximum Gasteiger partial charge on any atom is 0.177 e. The topological polar surface area (TPSA) is 64.3 Å². The number of nitrogens with one attached hydrogen (secondary N) is 2. The zero-order valence-electron chi connectivity index (χ0n) is 31.5. The second-order valence-electron chi connectivity index (χ2n) is 15.8. The number of hydrogen-bond acceptors (Lipinski definition) is 4. The maximum atomic E-state index is 5.56. The quantitative estimate of drug-likeness (QED) is 0.149. The monoisotopic (exact) mass is 718 g/mol. The molecule has 0 atom stereocenters. The van der Waals surface area contributed by atoms with Crippen molar-refractivity contribution in [1.29, 1.82) is 0 Å². The standard InChI is InChI=1S/C46H48N6O2/c1-53-35-6-10-41-38(27-35)46-40-30-52(22-16-34(40)4-9-43(46)47-41)26-24-50-19-13-32(14-20-50)31-11-17-49(18-12-31)23-25-51-21-15-33-3-8-42-45(39(33)29-51)37-7-5-36(54-2)28-44(37)48-42/h3-10,15-16,21-22,27-32H,11-14,17-20,23-26H2,1-2H3/p+2. The van der Waals surface area contributed by atoms with Gasteiger partial charge in [0.15, 0.2) is 37.9 Å². The van der Waals surface area contributed by atoms with Crippen LogP contribution in [0.25, 0.3) is 65.2 Å². The Morgan fingerprint density at radius 1 is 0.537 bits per heavy atom. The van der Waals surface area contributed by atoms with Gasteiger partial charge < -0.3 is 19.4 Å². The van der Waals surface area contributed by atoms with E-state index in [4.69, 9.17) is 9.47 Å². The molecule has 8 heteroatoms. The lowest BCUT2D eigenvalue weighted by Gasteiger charge is -2.39. The van der Waals surface area contributed by atoms with E-state index < -0.39 is 0 Å². The van der Waals surface area contributed by atoms with Crippen molar-refractivity contribution < 1.29 is 18.6 Å². The fraction of sp³-hybridized carbons (Fsp3) is 0.348. The van der Waals surface area contributed by atoms with Gasteiger partial charge in [-0.25, -0.2) is 9.13 Å². The lowest BCUT2D eigenvalue weighted by molar-refractivity contribution is -0.695. The van der Waals surface area contributed by atoms with E-state index in [1.54, 1.807) is 14.2 Å². The summed E-state index contributed by atoms with van der Waals surface area (Å²) in [5.74, 6) is 3.52. The molecule has 0 saturated carbocycles. The summed E-state index contributed by atoms with van der Waals surface area (Å²) in [6.45, 7) is 9.13. The molecule has 0 bridgehead atoms. The van der Waals surface area contributed by atoms with E-state index in [0.29, 0.717) is 0 Å². The lowest BCUT2D eigenvalue weighted by atomic mass is 9.79. The second-order valence-corrected chi connectivity index (χ2v) is 15.8. The molecule has 0 aliphatic carbocycles. The predicted molar refractivity (Wildman–Crippen MR) is 218 cm³/mol. The molecule has 8 nitrogen and oxygen atoms in total. The first-order valence-electron chi connectivity index (χ1n) is 19.9. The van der Waals surface area contributed by atoms with Crippen molar-refractivity contribution in [2.45, 2.75) is 38.8 Å². The van der Waals surface area contributed by atoms with Gasteiger partial charge >= 0.3 is 0 Å². The van der Waals surface area contributed by atoms with Crippen LogP contribution in [0.3, 0.4) is 0 Å². The van der Waals surface area contributed by atoms with Crippen molar-refractivity contribution in [2.24, 2.45) is 11.8 Å². The number of H-pyrrole nitrogens is 2. The minimum atomic E-state index is 0.872. The summed E-state index contributed by atoms with van der Waals surface area (Å²) in [5, 5.41) is 10.2. The zero-order valence-corrected chi connectivity index (χ0v) is 31.5. The van der Waals surface area contributed by atoms with Crippen LogP contribution in [-0.2, 0) is 13.1 Å². The molecule has 10 rings (SSSR count). The zero-order chi connectivity index (χ0) is 36.2. The molecule has 4 aromatic heterocycles. The van der Waals surface area contributed by atoms with Crippen LogP contribution in [0.2, 0.25) is 0 Å². The van der Waals surface area contributed by atoms with Crippen molar-refractivity contribution >= 4 is 65.2 Å². The van der Waals surface area contributed by atoms with Gasteiger partial charge in [0, 0.05) is 56.3 Å². The number of benzene rings is 4. The number of nitrogens with zero attached hydrogens (tertiary/aromatic N) is 4. The van der Waals surface area contributed by atoms with E-state index in [2.05, 4.69) is 120 Å².